The van der Waals surface area contributed by atoms with Crippen molar-refractivity contribution < 1.29 is 9.21 Å². The summed E-state index contributed by atoms with van der Waals surface area (Å²) in [5.41, 5.74) is 5.10. The number of benzene rings is 1. The number of anilines is 1. The van der Waals surface area contributed by atoms with Gasteiger partial charge >= 0.3 is 0 Å². The van der Waals surface area contributed by atoms with E-state index in [4.69, 9.17) is 9.40 Å². The first kappa shape index (κ1) is 22.7. The fourth-order valence-electron chi connectivity index (χ4n) is 4.50. The summed E-state index contributed by atoms with van der Waals surface area (Å²) in [5, 5.41) is 8.23. The van der Waals surface area contributed by atoms with Gasteiger partial charge < -0.3 is 9.73 Å². The van der Waals surface area contributed by atoms with Gasteiger partial charge in [-0.05, 0) is 58.0 Å². The van der Waals surface area contributed by atoms with Gasteiger partial charge in [0.2, 0.25) is 5.78 Å². The lowest BCUT2D eigenvalue weighted by atomic mass is 10.1. The number of imidazole rings is 1. The van der Waals surface area contributed by atoms with Crippen LogP contribution in [0.4, 0.5) is 5.69 Å². The van der Waals surface area contributed by atoms with Crippen LogP contribution in [0.3, 0.4) is 0 Å². The van der Waals surface area contributed by atoms with Crippen molar-refractivity contribution in [3.05, 3.63) is 84.3 Å². The SMILES string of the molecule is Cc1cc(-c2cc(C(=O)Nc3ccc(-c4cn5cccnc5n4)cc3)c3cnn(C(C)C)c3n2)c(C)o1. The van der Waals surface area contributed by atoms with Crippen LogP contribution in [0.5, 0.6) is 0 Å². The number of nitrogens with one attached hydrogen (secondary N) is 1. The molecule has 1 aromatic carbocycles. The number of carbonyl (C=O) groups is 1. The molecule has 0 aliphatic heterocycles. The second kappa shape index (κ2) is 8.70. The van der Waals surface area contributed by atoms with E-state index in [1.165, 1.54) is 0 Å². The van der Waals surface area contributed by atoms with Crippen LogP contribution in [0.25, 0.3) is 39.3 Å². The molecule has 0 radical (unpaired) electrons. The van der Waals surface area contributed by atoms with Gasteiger partial charge in [0.1, 0.15) is 11.5 Å². The normalized spacial score (nSPS) is 11.6. The van der Waals surface area contributed by atoms with E-state index in [1.807, 2.05) is 85.6 Å². The number of amides is 1. The fourth-order valence-corrected chi connectivity index (χ4v) is 4.50. The van der Waals surface area contributed by atoms with Crippen molar-refractivity contribution in [3.63, 3.8) is 0 Å². The van der Waals surface area contributed by atoms with Crippen molar-refractivity contribution in [2.45, 2.75) is 33.7 Å². The van der Waals surface area contributed by atoms with Crippen LogP contribution in [0.2, 0.25) is 0 Å². The van der Waals surface area contributed by atoms with Crippen molar-refractivity contribution in [1.29, 1.82) is 0 Å². The number of aromatic nitrogens is 6. The van der Waals surface area contributed by atoms with Crippen molar-refractivity contribution in [3.8, 4) is 22.5 Å². The number of furan rings is 1. The maximum atomic E-state index is 13.5. The molecule has 1 amide bonds. The minimum atomic E-state index is -0.237. The molecule has 1 N–H and O–H groups in total. The molecule has 9 heteroatoms. The molecule has 6 aromatic rings. The molecular formula is C28H25N7O2. The summed E-state index contributed by atoms with van der Waals surface area (Å²) in [7, 11) is 0. The fraction of sp³-hybridized carbons (Fsp3) is 0.179. The predicted molar refractivity (Wildman–Crippen MR) is 141 cm³/mol. The Morgan fingerprint density at radius 1 is 1.05 bits per heavy atom. The van der Waals surface area contributed by atoms with E-state index >= 15 is 0 Å². The highest BCUT2D eigenvalue weighted by atomic mass is 16.3. The number of fused-ring (bicyclic) bond motifs is 2. The molecule has 5 heterocycles. The first-order valence-corrected chi connectivity index (χ1v) is 12.0. The molecule has 0 aliphatic carbocycles. The first-order valence-electron chi connectivity index (χ1n) is 12.0. The van der Waals surface area contributed by atoms with Crippen LogP contribution < -0.4 is 5.32 Å². The number of pyridine rings is 1. The monoisotopic (exact) mass is 491 g/mol. The summed E-state index contributed by atoms with van der Waals surface area (Å²) in [4.78, 5) is 27.2. The van der Waals surface area contributed by atoms with Crippen LogP contribution in [0.1, 0.15) is 41.8 Å². The highest BCUT2D eigenvalue weighted by Gasteiger charge is 2.20. The number of hydrogen-bond donors (Lipinski definition) is 1. The Labute approximate surface area is 212 Å². The highest BCUT2D eigenvalue weighted by molar-refractivity contribution is 6.12. The molecule has 0 spiro atoms. The molecule has 184 valence electrons. The third-order valence-corrected chi connectivity index (χ3v) is 6.29. The maximum Gasteiger partial charge on any atom is 0.256 e. The Hall–Kier alpha value is -4.79. The minimum Gasteiger partial charge on any atom is -0.466 e. The van der Waals surface area contributed by atoms with Crippen molar-refractivity contribution in [1.82, 2.24) is 29.1 Å². The molecule has 0 saturated carbocycles. The molecule has 0 aliphatic rings. The van der Waals surface area contributed by atoms with Crippen molar-refractivity contribution >= 4 is 28.4 Å². The average molecular weight is 492 g/mol. The van der Waals surface area contributed by atoms with E-state index in [9.17, 15) is 4.79 Å². The van der Waals surface area contributed by atoms with Gasteiger partial charge in [0.25, 0.3) is 5.91 Å². The topological polar surface area (TPSA) is 103 Å². The molecule has 37 heavy (non-hydrogen) atoms. The van der Waals surface area contributed by atoms with Crippen LogP contribution in [-0.4, -0.2) is 35.0 Å². The zero-order valence-corrected chi connectivity index (χ0v) is 20.9. The third-order valence-electron chi connectivity index (χ3n) is 6.29. The molecule has 0 fully saturated rings. The highest BCUT2D eigenvalue weighted by Crippen LogP contribution is 2.30. The van der Waals surface area contributed by atoms with Gasteiger partial charge in [-0.1, -0.05) is 12.1 Å². The van der Waals surface area contributed by atoms with E-state index < -0.39 is 0 Å². The Morgan fingerprint density at radius 2 is 1.86 bits per heavy atom. The summed E-state index contributed by atoms with van der Waals surface area (Å²) in [6.45, 7) is 7.87. The molecule has 0 atom stereocenters. The predicted octanol–water partition coefficient (Wildman–Crippen LogP) is 5.85. The standard InChI is InChI=1S/C28H25N7O2/c1-16(2)35-26-23(14-30-35)22(13-24(32-26)21-12-17(3)37-18(21)4)27(36)31-20-8-6-19(7-9-20)25-15-34-11-5-10-29-28(34)33-25/h5-16H,1-4H3,(H,31,36). The lowest BCUT2D eigenvalue weighted by Gasteiger charge is -2.11. The zero-order chi connectivity index (χ0) is 25.7. The Kier molecular flexibility index (Phi) is 5.33. The molecule has 5 aromatic heterocycles. The molecular weight excluding hydrogens is 466 g/mol. The number of hydrogen-bond acceptors (Lipinski definition) is 6. The first-order chi connectivity index (χ1) is 17.9. The lowest BCUT2D eigenvalue weighted by Crippen LogP contribution is -2.13. The summed E-state index contributed by atoms with van der Waals surface area (Å²) < 4.78 is 9.43. The van der Waals surface area contributed by atoms with E-state index in [0.717, 1.165) is 28.3 Å². The van der Waals surface area contributed by atoms with Gasteiger partial charge in [0, 0.05) is 41.4 Å². The summed E-state index contributed by atoms with van der Waals surface area (Å²) in [6.07, 6.45) is 7.25. The third kappa shape index (κ3) is 4.04. The summed E-state index contributed by atoms with van der Waals surface area (Å²) in [6, 6.07) is 13.3. The van der Waals surface area contributed by atoms with E-state index in [1.54, 1.807) is 18.5 Å². The quantitative estimate of drug-likeness (QED) is 0.324. The maximum absolute atomic E-state index is 13.5. The smallest absolute Gasteiger partial charge is 0.256 e. The van der Waals surface area contributed by atoms with Gasteiger partial charge in [-0.2, -0.15) is 5.10 Å². The Bertz CT molecular complexity index is 1740. The second-order valence-corrected chi connectivity index (χ2v) is 9.29. The van der Waals surface area contributed by atoms with Crippen LogP contribution in [0.15, 0.2) is 71.7 Å². The van der Waals surface area contributed by atoms with E-state index in [-0.39, 0.29) is 11.9 Å². The van der Waals surface area contributed by atoms with Gasteiger partial charge in [0.05, 0.1) is 28.5 Å². The number of nitrogens with zero attached hydrogens (tertiary/aromatic N) is 6. The number of rotatable bonds is 5. The number of carbonyl (C=O) groups excluding carboxylic acids is 1. The summed E-state index contributed by atoms with van der Waals surface area (Å²) >= 11 is 0. The number of aryl methyl sites for hydroxylation is 2. The molecule has 6 rings (SSSR count). The van der Waals surface area contributed by atoms with Gasteiger partial charge in [-0.25, -0.2) is 19.6 Å². The van der Waals surface area contributed by atoms with Crippen molar-refractivity contribution in [2.75, 3.05) is 5.32 Å². The largest absolute Gasteiger partial charge is 0.466 e. The Morgan fingerprint density at radius 3 is 2.57 bits per heavy atom. The molecule has 0 bridgehead atoms. The van der Waals surface area contributed by atoms with Crippen LogP contribution in [0, 0.1) is 13.8 Å². The van der Waals surface area contributed by atoms with Crippen molar-refractivity contribution in [2.24, 2.45) is 0 Å². The van der Waals surface area contributed by atoms with Gasteiger partial charge in [0.15, 0.2) is 5.65 Å². The van der Waals surface area contributed by atoms with Gasteiger partial charge in [-0.15, -0.1) is 0 Å². The van der Waals surface area contributed by atoms with Crippen LogP contribution >= 0.6 is 0 Å². The zero-order valence-electron chi connectivity index (χ0n) is 20.9. The van der Waals surface area contributed by atoms with Crippen LogP contribution in [-0.2, 0) is 0 Å². The molecule has 9 nitrogen and oxygen atoms in total. The Balaban J connectivity index is 1.35. The van der Waals surface area contributed by atoms with Gasteiger partial charge in [-0.3, -0.25) is 9.20 Å². The minimum absolute atomic E-state index is 0.0886. The second-order valence-electron chi connectivity index (χ2n) is 9.29. The lowest BCUT2D eigenvalue weighted by molar-refractivity contribution is 0.102. The summed E-state index contributed by atoms with van der Waals surface area (Å²) in [5.74, 6) is 1.94. The molecule has 0 saturated heterocycles. The average Bonchev–Trinajstić information content (AvgIpc) is 3.59. The van der Waals surface area contributed by atoms with E-state index in [0.29, 0.717) is 33.8 Å². The van der Waals surface area contributed by atoms with E-state index in [2.05, 4.69) is 20.4 Å². The molecule has 0 unspecified atom stereocenters.